The van der Waals surface area contributed by atoms with Crippen LogP contribution in [0.3, 0.4) is 0 Å². The van der Waals surface area contributed by atoms with Gasteiger partial charge in [0.2, 0.25) is 0 Å². The van der Waals surface area contributed by atoms with Crippen LogP contribution in [0, 0.1) is 0 Å². The zero-order chi connectivity index (χ0) is 7.07. The van der Waals surface area contributed by atoms with Gasteiger partial charge in [-0.2, -0.15) is 0 Å². The van der Waals surface area contributed by atoms with Gasteiger partial charge in [-0.05, 0) is 12.2 Å². The monoisotopic (exact) mass is 134 g/mol. The summed E-state index contributed by atoms with van der Waals surface area (Å²) in [5.74, 6) is 0. The Morgan fingerprint density at radius 3 is 1.50 bits per heavy atom. The van der Waals surface area contributed by atoms with Crippen LogP contribution in [0.15, 0.2) is 36.0 Å². The van der Waals surface area contributed by atoms with Crippen LogP contribution in [0.5, 0.6) is 0 Å². The lowest BCUT2D eigenvalue weighted by Crippen LogP contribution is -1.96. The molecule has 0 saturated heterocycles. The van der Waals surface area contributed by atoms with Crippen LogP contribution in [-0.2, 0) is 0 Å². The highest BCUT2D eigenvalue weighted by molar-refractivity contribution is 4.93. The van der Waals surface area contributed by atoms with Gasteiger partial charge < -0.3 is 10.6 Å². The van der Waals surface area contributed by atoms with E-state index in [0.717, 1.165) is 13.1 Å². The minimum absolute atomic E-state index is 0.958. The van der Waals surface area contributed by atoms with E-state index >= 15 is 0 Å². The van der Waals surface area contributed by atoms with Crippen molar-refractivity contribution in [2.45, 2.75) is 0 Å². The van der Waals surface area contributed by atoms with Gasteiger partial charge >= 0.3 is 0 Å². The average Bonchev–Trinajstić information content (AvgIpc) is 2.67. The molecule has 2 rings (SSSR count). The summed E-state index contributed by atoms with van der Waals surface area (Å²) in [5, 5.41) is 5.86. The molecule has 2 aliphatic heterocycles. The third kappa shape index (κ3) is 2.83. The molecule has 0 aliphatic carbocycles. The first-order chi connectivity index (χ1) is 5.00. The maximum atomic E-state index is 2.93. The van der Waals surface area contributed by atoms with Gasteiger partial charge in [0.15, 0.2) is 0 Å². The molecule has 0 aromatic rings. The number of rotatable bonds is 0. The van der Waals surface area contributed by atoms with Gasteiger partial charge in [0.05, 0.1) is 0 Å². The fourth-order valence-electron chi connectivity index (χ4n) is 0.589. The topological polar surface area (TPSA) is 24.1 Å². The minimum Gasteiger partial charge on any atom is -0.381 e. The lowest BCUT2D eigenvalue weighted by molar-refractivity contribution is 1.02. The van der Waals surface area contributed by atoms with Gasteiger partial charge in [0.25, 0.3) is 0 Å². The molecule has 2 aliphatic rings. The van der Waals surface area contributed by atoms with Gasteiger partial charge in [-0.15, -0.1) is 11.5 Å². The van der Waals surface area contributed by atoms with E-state index in [1.807, 2.05) is 12.2 Å². The van der Waals surface area contributed by atoms with E-state index in [4.69, 9.17) is 0 Å². The molecule has 10 heavy (non-hydrogen) atoms. The van der Waals surface area contributed by atoms with Crippen LogP contribution in [0.1, 0.15) is 0 Å². The molecule has 2 N–H and O–H groups in total. The first kappa shape index (κ1) is 6.76. The Morgan fingerprint density at radius 1 is 0.900 bits per heavy atom. The molecule has 0 amide bonds. The van der Waals surface area contributed by atoms with E-state index < -0.39 is 0 Å². The Hall–Kier alpha value is -1.36. The molecule has 0 spiro atoms. The molecule has 52 valence electrons. The third-order valence-electron chi connectivity index (χ3n) is 1.05. The predicted molar refractivity (Wildman–Crippen MR) is 41.3 cm³/mol. The number of nitrogens with one attached hydrogen (secondary N) is 2. The second-order valence-corrected chi connectivity index (χ2v) is 1.85. The summed E-state index contributed by atoms with van der Waals surface area (Å²) in [6.07, 6.45) is 7.50. The fourth-order valence-corrected chi connectivity index (χ4v) is 0.589. The minimum atomic E-state index is 0.958. The van der Waals surface area contributed by atoms with Crippen LogP contribution in [0.25, 0.3) is 0 Å². The Kier molecular flexibility index (Phi) is 3.05. The zero-order valence-electron chi connectivity index (χ0n) is 5.72. The molecule has 0 bridgehead atoms. The first-order valence-corrected chi connectivity index (χ1v) is 3.26. The summed E-state index contributed by atoms with van der Waals surface area (Å²) in [4.78, 5) is 0. The zero-order valence-corrected chi connectivity index (χ0v) is 5.72. The van der Waals surface area contributed by atoms with E-state index in [2.05, 4.69) is 22.1 Å². The number of hydrogen-bond acceptors (Lipinski definition) is 2. The van der Waals surface area contributed by atoms with Crippen molar-refractivity contribution in [2.75, 3.05) is 13.1 Å². The second kappa shape index (κ2) is 4.51. The fraction of sp³-hybridized carbons (Fsp3) is 0.250. The molecule has 0 aromatic carbocycles. The molecule has 0 fully saturated rings. The standard InChI is InChI=1S/2C4H5N/c2*1-2-4-5-3-1/h2*1,4-5H,3H2. The molecule has 2 heterocycles. The SMILES string of the molecule is C1=CCNC=1.C1=CCNC=1. The third-order valence-corrected chi connectivity index (χ3v) is 1.05. The van der Waals surface area contributed by atoms with Crippen molar-refractivity contribution in [3.05, 3.63) is 36.0 Å². The summed E-state index contributed by atoms with van der Waals surface area (Å²) in [6, 6.07) is 0. The molecular formula is C8H10N2. The maximum Gasteiger partial charge on any atom is 0.0406 e. The normalized spacial score (nSPS) is 16.0. The molecule has 0 radical (unpaired) electrons. The van der Waals surface area contributed by atoms with Crippen molar-refractivity contribution >= 4 is 0 Å². The van der Waals surface area contributed by atoms with Crippen molar-refractivity contribution in [2.24, 2.45) is 0 Å². The van der Waals surface area contributed by atoms with E-state index in [1.165, 1.54) is 0 Å². The van der Waals surface area contributed by atoms with Gasteiger partial charge in [-0.25, -0.2) is 0 Å². The van der Waals surface area contributed by atoms with E-state index in [0.29, 0.717) is 0 Å². The van der Waals surface area contributed by atoms with Gasteiger partial charge in [-0.1, -0.05) is 0 Å². The lowest BCUT2D eigenvalue weighted by Gasteiger charge is -1.76. The van der Waals surface area contributed by atoms with Crippen molar-refractivity contribution < 1.29 is 0 Å². The summed E-state index contributed by atoms with van der Waals surface area (Å²) in [6.45, 7) is 1.92. The molecule has 0 atom stereocenters. The lowest BCUT2D eigenvalue weighted by atomic mass is 10.7. The average molecular weight is 134 g/mol. The van der Waals surface area contributed by atoms with Crippen LogP contribution in [0.2, 0.25) is 0 Å². The maximum absolute atomic E-state index is 2.93. The van der Waals surface area contributed by atoms with Crippen molar-refractivity contribution in [3.63, 3.8) is 0 Å². The van der Waals surface area contributed by atoms with E-state index in [9.17, 15) is 0 Å². The van der Waals surface area contributed by atoms with Crippen LogP contribution >= 0.6 is 0 Å². The quantitative estimate of drug-likeness (QED) is 0.472. The van der Waals surface area contributed by atoms with Crippen molar-refractivity contribution in [1.82, 2.24) is 10.6 Å². The summed E-state index contributed by atoms with van der Waals surface area (Å²) in [5.41, 5.74) is 5.72. The Bertz CT molecular complexity index is 163. The van der Waals surface area contributed by atoms with Crippen molar-refractivity contribution in [1.29, 1.82) is 0 Å². The molecule has 0 saturated carbocycles. The van der Waals surface area contributed by atoms with E-state index in [-0.39, 0.29) is 0 Å². The van der Waals surface area contributed by atoms with Gasteiger partial charge in [-0.3, -0.25) is 0 Å². The molecule has 2 heteroatoms. The Morgan fingerprint density at radius 2 is 1.40 bits per heavy atom. The largest absolute Gasteiger partial charge is 0.381 e. The highest BCUT2D eigenvalue weighted by Gasteiger charge is 1.72. The Labute approximate surface area is 60.6 Å². The van der Waals surface area contributed by atoms with Crippen LogP contribution < -0.4 is 10.6 Å². The first-order valence-electron chi connectivity index (χ1n) is 3.26. The highest BCUT2D eigenvalue weighted by atomic mass is 14.8. The molecule has 0 aromatic heterocycles. The molecule has 2 nitrogen and oxygen atoms in total. The van der Waals surface area contributed by atoms with E-state index in [1.54, 1.807) is 12.4 Å². The van der Waals surface area contributed by atoms with Crippen LogP contribution in [0.4, 0.5) is 0 Å². The Balaban J connectivity index is 0.0000001000. The summed E-state index contributed by atoms with van der Waals surface area (Å²) >= 11 is 0. The number of hydrogen-bond donors (Lipinski definition) is 2. The second-order valence-electron chi connectivity index (χ2n) is 1.85. The van der Waals surface area contributed by atoms with Crippen molar-refractivity contribution in [3.8, 4) is 0 Å². The predicted octanol–water partition coefficient (Wildman–Crippen LogP) is 0.517. The summed E-state index contributed by atoms with van der Waals surface area (Å²) in [7, 11) is 0. The van der Waals surface area contributed by atoms with Crippen LogP contribution in [-0.4, -0.2) is 13.1 Å². The van der Waals surface area contributed by atoms with Gasteiger partial charge in [0, 0.05) is 25.5 Å². The summed E-state index contributed by atoms with van der Waals surface area (Å²) < 4.78 is 0. The highest BCUT2D eigenvalue weighted by Crippen LogP contribution is 1.70. The smallest absolute Gasteiger partial charge is 0.0406 e. The molecule has 0 unspecified atom stereocenters. The molecular weight excluding hydrogens is 124 g/mol. The van der Waals surface area contributed by atoms with Gasteiger partial charge in [0.1, 0.15) is 0 Å².